The number of carbonyl (C=O) groups is 1. The molecular formula is C11H13NO5S. The molecule has 0 saturated carbocycles. The molecule has 3 N–H and O–H groups in total. The summed E-state index contributed by atoms with van der Waals surface area (Å²) >= 11 is 0. The molecule has 0 aromatic heterocycles. The van der Waals surface area contributed by atoms with Crippen molar-refractivity contribution in [2.24, 2.45) is 0 Å². The summed E-state index contributed by atoms with van der Waals surface area (Å²) in [6, 6.07) is 5.84. The normalized spacial score (nSPS) is 11.8. The molecule has 7 heteroatoms. The molecule has 0 saturated heterocycles. The zero-order chi connectivity index (χ0) is 13.6. The molecule has 0 aliphatic heterocycles. The maximum Gasteiger partial charge on any atom is 0.318 e. The number of aliphatic hydroxyl groups excluding tert-OH is 1. The van der Waals surface area contributed by atoms with Crippen LogP contribution in [-0.2, 0) is 14.8 Å². The van der Waals surface area contributed by atoms with Crippen molar-refractivity contribution in [3.63, 3.8) is 0 Å². The number of carboxylic acid groups (broad SMARTS) is 1. The van der Waals surface area contributed by atoms with Gasteiger partial charge in [-0.2, -0.15) is 4.72 Å². The average molecular weight is 271 g/mol. The maximum atomic E-state index is 11.6. The second-order valence-electron chi connectivity index (χ2n) is 3.37. The van der Waals surface area contributed by atoms with Crippen molar-refractivity contribution in [1.29, 1.82) is 0 Å². The third-order valence-corrected chi connectivity index (χ3v) is 3.44. The van der Waals surface area contributed by atoms with E-state index in [0.717, 1.165) is 5.56 Å². The first-order valence-corrected chi connectivity index (χ1v) is 6.53. The van der Waals surface area contributed by atoms with Gasteiger partial charge in [-0.05, 0) is 17.7 Å². The van der Waals surface area contributed by atoms with Gasteiger partial charge in [0.15, 0.2) is 0 Å². The Labute approximate surface area is 105 Å². The second kappa shape index (κ2) is 6.29. The van der Waals surface area contributed by atoms with Crippen LogP contribution in [0.4, 0.5) is 0 Å². The molecule has 0 unspecified atom stereocenters. The number of nitrogens with one attached hydrogen (secondary N) is 1. The Hall–Kier alpha value is -1.70. The summed E-state index contributed by atoms with van der Waals surface area (Å²) in [7, 11) is -3.80. The summed E-state index contributed by atoms with van der Waals surface area (Å²) in [6.07, 6.45) is 3.16. The van der Waals surface area contributed by atoms with E-state index in [4.69, 9.17) is 10.2 Å². The molecule has 1 aromatic carbocycles. The van der Waals surface area contributed by atoms with Crippen molar-refractivity contribution in [3.8, 4) is 0 Å². The van der Waals surface area contributed by atoms with Crippen LogP contribution in [-0.4, -0.2) is 37.8 Å². The monoisotopic (exact) mass is 271 g/mol. The maximum absolute atomic E-state index is 11.6. The Morgan fingerprint density at radius 3 is 2.39 bits per heavy atom. The molecule has 0 atom stereocenters. The van der Waals surface area contributed by atoms with E-state index in [1.165, 1.54) is 18.2 Å². The van der Waals surface area contributed by atoms with Crippen LogP contribution in [0.2, 0.25) is 0 Å². The molecular weight excluding hydrogens is 258 g/mol. The van der Waals surface area contributed by atoms with Crippen LogP contribution in [0.5, 0.6) is 0 Å². The standard InChI is InChI=1S/C11H13NO5S/c13-7-1-2-9-3-5-10(6-4-9)18(16,17)12-8-11(14)15/h1-6,12-13H,7-8H2,(H,14,15). The van der Waals surface area contributed by atoms with E-state index in [0.29, 0.717) is 0 Å². The Bertz CT molecular complexity index is 533. The van der Waals surface area contributed by atoms with Crippen LogP contribution in [0, 0.1) is 0 Å². The van der Waals surface area contributed by atoms with E-state index in [-0.39, 0.29) is 11.5 Å². The summed E-state index contributed by atoms with van der Waals surface area (Å²) in [5, 5.41) is 17.0. The lowest BCUT2D eigenvalue weighted by Gasteiger charge is -2.04. The predicted octanol–water partition coefficient (Wildman–Crippen LogP) is 0.0550. The van der Waals surface area contributed by atoms with Crippen molar-refractivity contribution in [3.05, 3.63) is 35.9 Å². The van der Waals surface area contributed by atoms with Crippen molar-refractivity contribution in [1.82, 2.24) is 4.72 Å². The summed E-state index contributed by atoms with van der Waals surface area (Å²) in [5.74, 6) is -1.25. The van der Waals surface area contributed by atoms with Gasteiger partial charge in [0.05, 0.1) is 11.5 Å². The third kappa shape index (κ3) is 4.28. The molecule has 98 valence electrons. The average Bonchev–Trinajstić information content (AvgIpc) is 2.34. The number of rotatable bonds is 6. The van der Waals surface area contributed by atoms with Gasteiger partial charge in [-0.15, -0.1) is 0 Å². The Kier molecular flexibility index (Phi) is 5.02. The molecule has 0 heterocycles. The highest BCUT2D eigenvalue weighted by Crippen LogP contribution is 2.11. The van der Waals surface area contributed by atoms with Gasteiger partial charge in [0.2, 0.25) is 10.0 Å². The van der Waals surface area contributed by atoms with Gasteiger partial charge in [-0.3, -0.25) is 4.79 Å². The van der Waals surface area contributed by atoms with Crippen molar-refractivity contribution < 1.29 is 23.4 Å². The fourth-order valence-corrected chi connectivity index (χ4v) is 2.16. The highest BCUT2D eigenvalue weighted by atomic mass is 32.2. The van der Waals surface area contributed by atoms with Gasteiger partial charge in [-0.25, -0.2) is 8.42 Å². The first kappa shape index (κ1) is 14.4. The topological polar surface area (TPSA) is 104 Å². The van der Waals surface area contributed by atoms with Crippen molar-refractivity contribution in [2.45, 2.75) is 4.90 Å². The van der Waals surface area contributed by atoms with E-state index in [1.807, 2.05) is 4.72 Å². The number of sulfonamides is 1. The Balaban J connectivity index is 2.84. The lowest BCUT2D eigenvalue weighted by Crippen LogP contribution is -2.29. The summed E-state index contributed by atoms with van der Waals surface area (Å²) in [4.78, 5) is 10.3. The first-order valence-electron chi connectivity index (χ1n) is 5.04. The Morgan fingerprint density at radius 2 is 1.89 bits per heavy atom. The first-order chi connectivity index (χ1) is 8.45. The predicted molar refractivity (Wildman–Crippen MR) is 65.4 cm³/mol. The second-order valence-corrected chi connectivity index (χ2v) is 5.14. The molecule has 0 bridgehead atoms. The van der Waals surface area contributed by atoms with Crippen LogP contribution in [0.3, 0.4) is 0 Å². The van der Waals surface area contributed by atoms with E-state index < -0.39 is 22.5 Å². The zero-order valence-corrected chi connectivity index (χ0v) is 10.2. The van der Waals surface area contributed by atoms with E-state index >= 15 is 0 Å². The minimum atomic E-state index is -3.80. The fraction of sp³-hybridized carbons (Fsp3) is 0.182. The lowest BCUT2D eigenvalue weighted by molar-refractivity contribution is -0.135. The molecule has 0 radical (unpaired) electrons. The molecule has 0 aliphatic rings. The Morgan fingerprint density at radius 1 is 1.28 bits per heavy atom. The van der Waals surface area contributed by atoms with Gasteiger partial charge in [0, 0.05) is 0 Å². The third-order valence-electron chi connectivity index (χ3n) is 2.02. The molecule has 0 aliphatic carbocycles. The molecule has 1 rings (SSSR count). The van der Waals surface area contributed by atoms with Crippen LogP contribution in [0.15, 0.2) is 35.2 Å². The van der Waals surface area contributed by atoms with Gasteiger partial charge in [0.25, 0.3) is 0 Å². The fourth-order valence-electron chi connectivity index (χ4n) is 1.19. The number of hydrogen-bond acceptors (Lipinski definition) is 4. The molecule has 0 spiro atoms. The quantitative estimate of drug-likeness (QED) is 0.678. The SMILES string of the molecule is O=C(O)CNS(=O)(=O)c1ccc(C=CCO)cc1. The van der Waals surface area contributed by atoms with Gasteiger partial charge in [0.1, 0.15) is 6.54 Å². The largest absolute Gasteiger partial charge is 0.480 e. The summed E-state index contributed by atoms with van der Waals surface area (Å²) in [6.45, 7) is -0.755. The molecule has 18 heavy (non-hydrogen) atoms. The molecule has 0 amide bonds. The number of hydrogen-bond donors (Lipinski definition) is 3. The van der Waals surface area contributed by atoms with Gasteiger partial charge < -0.3 is 10.2 Å². The highest BCUT2D eigenvalue weighted by molar-refractivity contribution is 7.89. The number of benzene rings is 1. The summed E-state index contributed by atoms with van der Waals surface area (Å²) in [5.41, 5.74) is 0.737. The van der Waals surface area contributed by atoms with Crippen molar-refractivity contribution in [2.75, 3.05) is 13.2 Å². The lowest BCUT2D eigenvalue weighted by atomic mass is 10.2. The van der Waals surface area contributed by atoms with E-state index in [2.05, 4.69) is 0 Å². The smallest absolute Gasteiger partial charge is 0.318 e. The van der Waals surface area contributed by atoms with Crippen LogP contribution >= 0.6 is 0 Å². The van der Waals surface area contributed by atoms with Crippen LogP contribution in [0.25, 0.3) is 6.08 Å². The number of carboxylic acids is 1. The molecule has 0 fully saturated rings. The van der Waals surface area contributed by atoms with E-state index in [1.54, 1.807) is 18.2 Å². The number of aliphatic hydroxyl groups is 1. The van der Waals surface area contributed by atoms with E-state index in [9.17, 15) is 13.2 Å². The highest BCUT2D eigenvalue weighted by Gasteiger charge is 2.14. The summed E-state index contributed by atoms with van der Waals surface area (Å²) < 4.78 is 25.2. The number of aliphatic carboxylic acids is 1. The van der Waals surface area contributed by atoms with Crippen molar-refractivity contribution >= 4 is 22.1 Å². The van der Waals surface area contributed by atoms with Gasteiger partial charge >= 0.3 is 5.97 Å². The minimum Gasteiger partial charge on any atom is -0.480 e. The molecule has 6 nitrogen and oxygen atoms in total. The van der Waals surface area contributed by atoms with Crippen LogP contribution in [0.1, 0.15) is 5.56 Å². The van der Waals surface area contributed by atoms with Crippen LogP contribution < -0.4 is 4.72 Å². The minimum absolute atomic E-state index is 0.00935. The zero-order valence-electron chi connectivity index (χ0n) is 9.41. The molecule has 1 aromatic rings. The van der Waals surface area contributed by atoms with Gasteiger partial charge in [-0.1, -0.05) is 24.3 Å².